The van der Waals surface area contributed by atoms with Crippen molar-refractivity contribution in [3.05, 3.63) is 71.8 Å². The van der Waals surface area contributed by atoms with Crippen LogP contribution >= 0.6 is 0 Å². The molecule has 2 aromatic rings. The van der Waals surface area contributed by atoms with Crippen LogP contribution in [0.4, 0.5) is 4.79 Å². The Morgan fingerprint density at radius 3 is 2.19 bits per heavy atom. The molecule has 2 N–H and O–H groups in total. The normalized spacial score (nSPS) is 13.2. The topological polar surface area (TPSA) is 84.9 Å². The van der Waals surface area contributed by atoms with Gasteiger partial charge in [0.2, 0.25) is 0 Å². The fourth-order valence-electron chi connectivity index (χ4n) is 3.15. The molecule has 6 nitrogen and oxygen atoms in total. The lowest BCUT2D eigenvalue weighted by atomic mass is 9.90. The maximum absolute atomic E-state index is 12.7. The van der Waals surface area contributed by atoms with Gasteiger partial charge in [-0.1, -0.05) is 60.7 Å². The first-order valence-electron chi connectivity index (χ1n) is 10.7. The standard InChI is InChI=1S/C25H33NO5/c1-25(2,3)31-23(28)22(20-14-8-5-9-15-20)21(27)16-10-11-17-26-24(29)30-18-19-12-6-4-7-13-19/h4-9,12-15,21-22,27H,10-11,16-18H2,1-3H3,(H,26,29). The molecule has 0 aliphatic heterocycles. The van der Waals surface area contributed by atoms with E-state index >= 15 is 0 Å². The maximum atomic E-state index is 12.7. The van der Waals surface area contributed by atoms with Gasteiger partial charge >= 0.3 is 12.1 Å². The maximum Gasteiger partial charge on any atom is 0.407 e. The van der Waals surface area contributed by atoms with E-state index in [1.54, 1.807) is 0 Å². The van der Waals surface area contributed by atoms with Crippen molar-refractivity contribution >= 4 is 12.1 Å². The summed E-state index contributed by atoms with van der Waals surface area (Å²) in [6.07, 6.45) is 0.377. The van der Waals surface area contributed by atoms with Gasteiger partial charge in [-0.3, -0.25) is 4.79 Å². The Morgan fingerprint density at radius 1 is 0.968 bits per heavy atom. The van der Waals surface area contributed by atoms with Crippen LogP contribution in [0.1, 0.15) is 57.1 Å². The summed E-state index contributed by atoms with van der Waals surface area (Å²) < 4.78 is 10.7. The highest BCUT2D eigenvalue weighted by atomic mass is 16.6. The molecule has 2 atom stereocenters. The highest BCUT2D eigenvalue weighted by Gasteiger charge is 2.32. The molecule has 0 fully saturated rings. The second-order valence-corrected chi connectivity index (χ2v) is 8.47. The molecule has 2 aromatic carbocycles. The number of amides is 1. The van der Waals surface area contributed by atoms with Crippen molar-refractivity contribution < 1.29 is 24.2 Å². The van der Waals surface area contributed by atoms with Crippen molar-refractivity contribution in [3.63, 3.8) is 0 Å². The largest absolute Gasteiger partial charge is 0.459 e. The Hall–Kier alpha value is -2.86. The molecule has 0 bridgehead atoms. The van der Waals surface area contributed by atoms with Crippen molar-refractivity contribution in [1.82, 2.24) is 5.32 Å². The molecule has 6 heteroatoms. The molecule has 2 unspecified atom stereocenters. The molecule has 2 rings (SSSR count). The Bertz CT molecular complexity index is 802. The van der Waals surface area contributed by atoms with Gasteiger partial charge in [0.05, 0.1) is 6.10 Å². The van der Waals surface area contributed by atoms with Crippen LogP contribution in [0.5, 0.6) is 0 Å². The van der Waals surface area contributed by atoms with Gasteiger partial charge in [-0.2, -0.15) is 0 Å². The quantitative estimate of drug-likeness (QED) is 0.429. The summed E-state index contributed by atoms with van der Waals surface area (Å²) in [6.45, 7) is 6.08. The van der Waals surface area contributed by atoms with E-state index in [-0.39, 0.29) is 6.61 Å². The Kier molecular flexibility index (Phi) is 9.53. The third-order valence-corrected chi connectivity index (χ3v) is 4.61. The lowest BCUT2D eigenvalue weighted by Crippen LogP contribution is -2.33. The summed E-state index contributed by atoms with van der Waals surface area (Å²) in [6, 6.07) is 18.7. The van der Waals surface area contributed by atoms with Crippen molar-refractivity contribution in [3.8, 4) is 0 Å². The number of rotatable bonds is 10. The van der Waals surface area contributed by atoms with Crippen LogP contribution in [0, 0.1) is 0 Å². The molecule has 0 radical (unpaired) electrons. The summed E-state index contributed by atoms with van der Waals surface area (Å²) in [4.78, 5) is 24.5. The van der Waals surface area contributed by atoms with E-state index < -0.39 is 29.7 Å². The van der Waals surface area contributed by atoms with Crippen molar-refractivity contribution in [2.24, 2.45) is 0 Å². The van der Waals surface area contributed by atoms with Crippen LogP contribution in [-0.4, -0.2) is 35.4 Å². The van der Waals surface area contributed by atoms with Crippen LogP contribution in [-0.2, 0) is 20.9 Å². The van der Waals surface area contributed by atoms with Gasteiger partial charge in [0.25, 0.3) is 0 Å². The summed E-state index contributed by atoms with van der Waals surface area (Å²) in [5.74, 6) is -1.18. The van der Waals surface area contributed by atoms with Gasteiger partial charge < -0.3 is 19.9 Å². The fourth-order valence-corrected chi connectivity index (χ4v) is 3.15. The number of alkyl carbamates (subject to hydrolysis) is 1. The zero-order valence-electron chi connectivity index (χ0n) is 18.5. The number of unbranched alkanes of at least 4 members (excludes halogenated alkanes) is 1. The Balaban J connectivity index is 1.77. The first-order valence-corrected chi connectivity index (χ1v) is 10.7. The molecule has 168 valence electrons. The Labute approximate surface area is 184 Å². The van der Waals surface area contributed by atoms with Crippen LogP contribution in [0.3, 0.4) is 0 Å². The second kappa shape index (κ2) is 12.1. The number of aliphatic hydroxyl groups excluding tert-OH is 1. The number of carbonyl (C=O) groups is 2. The molecule has 0 saturated carbocycles. The molecule has 0 aliphatic carbocycles. The average molecular weight is 428 g/mol. The molecule has 0 heterocycles. The zero-order chi connectivity index (χ0) is 22.7. The summed E-state index contributed by atoms with van der Waals surface area (Å²) in [7, 11) is 0. The first-order chi connectivity index (χ1) is 14.8. The predicted molar refractivity (Wildman–Crippen MR) is 120 cm³/mol. The van der Waals surface area contributed by atoms with Crippen molar-refractivity contribution in [1.29, 1.82) is 0 Å². The van der Waals surface area contributed by atoms with Gasteiger partial charge in [-0.05, 0) is 51.2 Å². The molecule has 0 spiro atoms. The second-order valence-electron chi connectivity index (χ2n) is 8.47. The number of ether oxygens (including phenoxy) is 2. The summed E-state index contributed by atoms with van der Waals surface area (Å²) in [5.41, 5.74) is 1.02. The van der Waals surface area contributed by atoms with Crippen molar-refractivity contribution in [2.75, 3.05) is 6.54 Å². The number of hydrogen-bond acceptors (Lipinski definition) is 5. The summed E-state index contributed by atoms with van der Waals surface area (Å²) in [5, 5.41) is 13.4. The molecular formula is C25H33NO5. The molecule has 0 aliphatic rings. The third kappa shape index (κ3) is 9.22. The van der Waals surface area contributed by atoms with Gasteiger partial charge in [0.15, 0.2) is 0 Å². The monoisotopic (exact) mass is 427 g/mol. The van der Waals surface area contributed by atoms with Gasteiger partial charge in [0.1, 0.15) is 18.1 Å². The average Bonchev–Trinajstić information content (AvgIpc) is 2.72. The van der Waals surface area contributed by atoms with E-state index in [4.69, 9.17) is 9.47 Å². The van der Waals surface area contributed by atoms with Gasteiger partial charge in [-0.25, -0.2) is 4.79 Å². The van der Waals surface area contributed by atoms with Gasteiger partial charge in [-0.15, -0.1) is 0 Å². The zero-order valence-corrected chi connectivity index (χ0v) is 18.5. The molecule has 0 saturated heterocycles. The Morgan fingerprint density at radius 2 is 1.58 bits per heavy atom. The lowest BCUT2D eigenvalue weighted by molar-refractivity contribution is -0.159. The molecule has 31 heavy (non-hydrogen) atoms. The highest BCUT2D eigenvalue weighted by Crippen LogP contribution is 2.26. The molecule has 1 amide bonds. The number of nitrogens with one attached hydrogen (secondary N) is 1. The van der Waals surface area contributed by atoms with Crippen LogP contribution < -0.4 is 5.32 Å². The number of benzene rings is 2. The minimum Gasteiger partial charge on any atom is -0.459 e. The van der Waals surface area contributed by atoms with E-state index in [1.165, 1.54) is 0 Å². The van der Waals surface area contributed by atoms with E-state index in [9.17, 15) is 14.7 Å². The van der Waals surface area contributed by atoms with E-state index in [0.29, 0.717) is 25.8 Å². The van der Waals surface area contributed by atoms with Crippen LogP contribution in [0.25, 0.3) is 0 Å². The first kappa shape index (κ1) is 24.4. The minimum absolute atomic E-state index is 0.222. The SMILES string of the molecule is CC(C)(C)OC(=O)C(c1ccccc1)C(O)CCCCNC(=O)OCc1ccccc1. The molecule has 0 aromatic heterocycles. The number of aliphatic hydroxyl groups is 1. The summed E-state index contributed by atoms with van der Waals surface area (Å²) >= 11 is 0. The van der Waals surface area contributed by atoms with E-state index in [1.807, 2.05) is 81.4 Å². The van der Waals surface area contributed by atoms with Crippen LogP contribution in [0.2, 0.25) is 0 Å². The molecular weight excluding hydrogens is 394 g/mol. The van der Waals surface area contributed by atoms with E-state index in [2.05, 4.69) is 5.32 Å². The van der Waals surface area contributed by atoms with Crippen LogP contribution in [0.15, 0.2) is 60.7 Å². The lowest BCUT2D eigenvalue weighted by Gasteiger charge is -2.27. The predicted octanol–water partition coefficient (Wildman–Crippen LogP) is 4.57. The number of esters is 1. The van der Waals surface area contributed by atoms with Gasteiger partial charge in [0, 0.05) is 6.54 Å². The number of hydrogen-bond donors (Lipinski definition) is 2. The van der Waals surface area contributed by atoms with E-state index in [0.717, 1.165) is 11.1 Å². The number of carbonyl (C=O) groups excluding carboxylic acids is 2. The minimum atomic E-state index is -0.873. The third-order valence-electron chi connectivity index (χ3n) is 4.61. The smallest absolute Gasteiger partial charge is 0.407 e. The highest BCUT2D eigenvalue weighted by molar-refractivity contribution is 5.79. The fraction of sp³-hybridized carbons (Fsp3) is 0.440. The van der Waals surface area contributed by atoms with Crippen molar-refractivity contribution in [2.45, 2.75) is 64.3 Å².